The normalized spacial score (nSPS) is 11.7. The summed E-state index contributed by atoms with van der Waals surface area (Å²) in [4.78, 5) is 2.17. The smallest absolute Gasteiger partial charge is 0.155 e. The molecular weight excluding hydrogens is 222 g/mol. The van der Waals surface area contributed by atoms with E-state index in [1.54, 1.807) is 0 Å². The monoisotopic (exact) mass is 241 g/mol. The van der Waals surface area contributed by atoms with Gasteiger partial charge in [0.25, 0.3) is 0 Å². The van der Waals surface area contributed by atoms with E-state index in [4.69, 9.17) is 11.6 Å². The average Bonchev–Trinajstić information content (AvgIpc) is 2.25. The summed E-state index contributed by atoms with van der Waals surface area (Å²) in [5, 5.41) is 8.67. The highest BCUT2D eigenvalue weighted by molar-refractivity contribution is 6.30. The van der Waals surface area contributed by atoms with E-state index in [1.165, 1.54) is 0 Å². The van der Waals surface area contributed by atoms with Gasteiger partial charge >= 0.3 is 0 Å². The van der Waals surface area contributed by atoms with Crippen LogP contribution in [0.1, 0.15) is 38.3 Å². The third-order valence-corrected chi connectivity index (χ3v) is 3.89. The fourth-order valence-electron chi connectivity index (χ4n) is 1.41. The van der Waals surface area contributed by atoms with Crippen LogP contribution in [-0.2, 0) is 0 Å². The van der Waals surface area contributed by atoms with E-state index in [0.717, 1.165) is 23.4 Å². The lowest BCUT2D eigenvalue weighted by Crippen LogP contribution is -2.41. The molecule has 0 radical (unpaired) electrons. The molecule has 0 aliphatic carbocycles. The molecule has 0 aliphatic rings. The van der Waals surface area contributed by atoms with Crippen molar-refractivity contribution in [3.63, 3.8) is 0 Å². The van der Waals surface area contributed by atoms with Crippen molar-refractivity contribution in [2.75, 3.05) is 11.9 Å². The Hall–Kier alpha value is -0.830. The number of hydrogen-bond donors (Lipinski definition) is 0. The minimum absolute atomic E-state index is 0.0692. The Labute approximate surface area is 103 Å². The highest BCUT2D eigenvalue weighted by atomic mass is 35.5. The van der Waals surface area contributed by atoms with E-state index in [-0.39, 0.29) is 5.54 Å². The molecule has 4 heteroatoms. The van der Waals surface area contributed by atoms with Crippen molar-refractivity contribution >= 4 is 17.4 Å². The zero-order valence-electron chi connectivity index (χ0n) is 10.9. The molecule has 1 aromatic rings. The number of hydrogen-bond acceptors (Lipinski definition) is 3. The first kappa shape index (κ1) is 13.2. The Kier molecular flexibility index (Phi) is 3.79. The van der Waals surface area contributed by atoms with Crippen molar-refractivity contribution in [3.05, 3.63) is 16.3 Å². The molecule has 0 aliphatic heterocycles. The molecule has 16 heavy (non-hydrogen) atoms. The van der Waals surface area contributed by atoms with Gasteiger partial charge in [0.15, 0.2) is 11.0 Å². The molecule has 1 heterocycles. The van der Waals surface area contributed by atoms with Crippen LogP contribution < -0.4 is 4.90 Å². The summed E-state index contributed by atoms with van der Waals surface area (Å²) in [6.45, 7) is 10.6. The summed E-state index contributed by atoms with van der Waals surface area (Å²) < 4.78 is 0. The van der Waals surface area contributed by atoms with Crippen LogP contribution in [0.2, 0.25) is 5.15 Å². The van der Waals surface area contributed by atoms with E-state index in [2.05, 4.69) is 35.9 Å². The van der Waals surface area contributed by atoms with Crippen LogP contribution in [-0.4, -0.2) is 22.8 Å². The Balaban J connectivity index is 3.20. The van der Waals surface area contributed by atoms with Crippen molar-refractivity contribution in [1.29, 1.82) is 0 Å². The lowest BCUT2D eigenvalue weighted by molar-refractivity contribution is 0.465. The first-order chi connectivity index (χ1) is 7.31. The van der Waals surface area contributed by atoms with Crippen LogP contribution in [0.4, 0.5) is 5.82 Å². The maximum Gasteiger partial charge on any atom is 0.155 e. The van der Waals surface area contributed by atoms with E-state index in [1.807, 2.05) is 20.9 Å². The van der Waals surface area contributed by atoms with Gasteiger partial charge in [-0.25, -0.2) is 0 Å². The molecule has 0 atom stereocenters. The Morgan fingerprint density at radius 2 is 1.75 bits per heavy atom. The van der Waals surface area contributed by atoms with Crippen molar-refractivity contribution in [1.82, 2.24) is 10.2 Å². The number of anilines is 1. The van der Waals surface area contributed by atoms with Gasteiger partial charge in [-0.05, 0) is 45.2 Å². The second kappa shape index (κ2) is 4.58. The van der Waals surface area contributed by atoms with Crippen LogP contribution >= 0.6 is 11.6 Å². The SMILES string of the molecule is CCC(C)(C)N(C)c1nnc(Cl)c(C)c1C. The van der Waals surface area contributed by atoms with Crippen molar-refractivity contribution in [2.45, 2.75) is 46.6 Å². The fourth-order valence-corrected chi connectivity index (χ4v) is 1.59. The van der Waals surface area contributed by atoms with E-state index < -0.39 is 0 Å². The minimum Gasteiger partial charge on any atom is -0.353 e. The van der Waals surface area contributed by atoms with E-state index in [0.29, 0.717) is 5.15 Å². The summed E-state index contributed by atoms with van der Waals surface area (Å²) in [7, 11) is 2.05. The number of rotatable bonds is 3. The highest BCUT2D eigenvalue weighted by Gasteiger charge is 2.24. The number of halogens is 1. The van der Waals surface area contributed by atoms with Gasteiger partial charge < -0.3 is 4.90 Å². The summed E-state index contributed by atoms with van der Waals surface area (Å²) >= 11 is 5.95. The molecular formula is C12H20ClN3. The Morgan fingerprint density at radius 3 is 2.25 bits per heavy atom. The molecule has 90 valence electrons. The molecule has 0 bridgehead atoms. The van der Waals surface area contributed by atoms with Gasteiger partial charge in [-0.15, -0.1) is 10.2 Å². The van der Waals surface area contributed by atoms with Gasteiger partial charge in [0.05, 0.1) is 0 Å². The van der Waals surface area contributed by atoms with Crippen LogP contribution in [0.25, 0.3) is 0 Å². The molecule has 1 rings (SSSR count). The van der Waals surface area contributed by atoms with E-state index in [9.17, 15) is 0 Å². The van der Waals surface area contributed by atoms with Crippen molar-refractivity contribution < 1.29 is 0 Å². The fraction of sp³-hybridized carbons (Fsp3) is 0.667. The van der Waals surface area contributed by atoms with E-state index >= 15 is 0 Å². The van der Waals surface area contributed by atoms with Gasteiger partial charge in [0.2, 0.25) is 0 Å². The Morgan fingerprint density at radius 1 is 1.19 bits per heavy atom. The predicted molar refractivity (Wildman–Crippen MR) is 69.3 cm³/mol. The second-order valence-electron chi connectivity index (χ2n) is 4.79. The van der Waals surface area contributed by atoms with Gasteiger partial charge in [-0.1, -0.05) is 18.5 Å². The minimum atomic E-state index is 0.0692. The first-order valence-corrected chi connectivity index (χ1v) is 5.92. The molecule has 0 amide bonds. The third kappa shape index (κ3) is 2.29. The van der Waals surface area contributed by atoms with Crippen LogP contribution in [0.5, 0.6) is 0 Å². The maximum absolute atomic E-state index is 5.95. The molecule has 0 spiro atoms. The largest absolute Gasteiger partial charge is 0.353 e. The zero-order valence-corrected chi connectivity index (χ0v) is 11.7. The molecule has 0 unspecified atom stereocenters. The van der Waals surface area contributed by atoms with Crippen LogP contribution in [0.15, 0.2) is 0 Å². The van der Waals surface area contributed by atoms with Crippen molar-refractivity contribution in [2.24, 2.45) is 0 Å². The first-order valence-electron chi connectivity index (χ1n) is 5.54. The standard InChI is InChI=1S/C12H20ClN3/c1-7-12(4,5)16(6)11-9(3)8(2)10(13)14-15-11/h7H2,1-6H3. The molecule has 0 saturated heterocycles. The second-order valence-corrected chi connectivity index (χ2v) is 5.15. The molecule has 0 saturated carbocycles. The van der Waals surface area contributed by atoms with Gasteiger partial charge in [-0.2, -0.15) is 0 Å². The average molecular weight is 242 g/mol. The topological polar surface area (TPSA) is 29.0 Å². The predicted octanol–water partition coefficient (Wildman–Crippen LogP) is 3.37. The van der Waals surface area contributed by atoms with Crippen LogP contribution in [0.3, 0.4) is 0 Å². The van der Waals surface area contributed by atoms with Crippen LogP contribution in [0, 0.1) is 13.8 Å². The summed E-state index contributed by atoms with van der Waals surface area (Å²) in [6.07, 6.45) is 1.05. The number of nitrogens with zero attached hydrogens (tertiary/aromatic N) is 3. The van der Waals surface area contributed by atoms with Crippen molar-refractivity contribution in [3.8, 4) is 0 Å². The maximum atomic E-state index is 5.95. The molecule has 0 fully saturated rings. The zero-order chi connectivity index (χ0) is 12.5. The highest BCUT2D eigenvalue weighted by Crippen LogP contribution is 2.28. The molecule has 0 N–H and O–H groups in total. The molecule has 0 aromatic carbocycles. The summed E-state index contributed by atoms with van der Waals surface area (Å²) in [5.74, 6) is 0.911. The molecule has 3 nitrogen and oxygen atoms in total. The quantitative estimate of drug-likeness (QED) is 0.813. The summed E-state index contributed by atoms with van der Waals surface area (Å²) in [5.41, 5.74) is 2.18. The third-order valence-electron chi connectivity index (χ3n) is 3.53. The van der Waals surface area contributed by atoms with Gasteiger partial charge in [0, 0.05) is 12.6 Å². The number of aromatic nitrogens is 2. The summed E-state index contributed by atoms with van der Waals surface area (Å²) in [6, 6.07) is 0. The van der Waals surface area contributed by atoms with Gasteiger partial charge in [-0.3, -0.25) is 0 Å². The lowest BCUT2D eigenvalue weighted by atomic mass is 9.99. The van der Waals surface area contributed by atoms with Gasteiger partial charge in [0.1, 0.15) is 0 Å². The lowest BCUT2D eigenvalue weighted by Gasteiger charge is -2.36. The molecule has 1 aromatic heterocycles. The Bertz CT molecular complexity index is 388.